The SMILES string of the molecule is COC(CCn1cnc2c(N)ncnc21)CN(C)CCCNC(=O)Nc1ccc(Oc2ccccc2N)cc1. The van der Waals surface area contributed by atoms with E-state index in [0.29, 0.717) is 47.3 Å². The van der Waals surface area contributed by atoms with E-state index in [0.717, 1.165) is 31.6 Å². The summed E-state index contributed by atoms with van der Waals surface area (Å²) in [6.07, 6.45) is 4.80. The summed E-state index contributed by atoms with van der Waals surface area (Å²) < 4.78 is 13.4. The first-order chi connectivity index (χ1) is 18.9. The Kier molecular flexibility index (Phi) is 9.48. The lowest BCUT2D eigenvalue weighted by Gasteiger charge is -2.23. The van der Waals surface area contributed by atoms with Crippen molar-refractivity contribution in [3.8, 4) is 11.5 Å². The van der Waals surface area contributed by atoms with Crippen LogP contribution in [0.25, 0.3) is 11.2 Å². The van der Waals surface area contributed by atoms with Crippen LogP contribution in [0.2, 0.25) is 0 Å². The Morgan fingerprint density at radius 1 is 1.10 bits per heavy atom. The number of hydrogen-bond donors (Lipinski definition) is 4. The number of urea groups is 1. The highest BCUT2D eigenvalue weighted by Gasteiger charge is 2.14. The van der Waals surface area contributed by atoms with Crippen molar-refractivity contribution < 1.29 is 14.3 Å². The van der Waals surface area contributed by atoms with Crippen LogP contribution in [0.5, 0.6) is 11.5 Å². The van der Waals surface area contributed by atoms with E-state index in [2.05, 4.69) is 30.5 Å². The standard InChI is InChI=1S/C27H35N9O3/c1-35(16-21(38-2)12-15-36-18-33-24-25(29)31-17-32-26(24)36)14-5-13-30-27(37)34-19-8-10-20(11-9-19)39-23-7-4-3-6-22(23)28/h3-4,6-11,17-18,21H,5,12-16,28H2,1-2H3,(H2,29,31,32)(H2,30,34,37). The highest BCUT2D eigenvalue weighted by atomic mass is 16.5. The molecule has 0 aliphatic rings. The molecule has 4 rings (SSSR count). The molecule has 2 amide bonds. The van der Waals surface area contributed by atoms with Crippen molar-refractivity contribution in [2.24, 2.45) is 0 Å². The summed E-state index contributed by atoms with van der Waals surface area (Å²) in [7, 11) is 3.76. The average molecular weight is 534 g/mol. The molecule has 206 valence electrons. The van der Waals surface area contributed by atoms with E-state index in [1.54, 1.807) is 49.8 Å². The van der Waals surface area contributed by atoms with Gasteiger partial charge in [0.25, 0.3) is 0 Å². The van der Waals surface area contributed by atoms with Crippen LogP contribution in [-0.4, -0.2) is 70.3 Å². The number of carbonyl (C=O) groups excluding carboxylic acids is 1. The fourth-order valence-corrected chi connectivity index (χ4v) is 4.10. The number of nitrogens with zero attached hydrogens (tertiary/aromatic N) is 5. The summed E-state index contributed by atoms with van der Waals surface area (Å²) >= 11 is 0. The predicted octanol–water partition coefficient (Wildman–Crippen LogP) is 3.33. The van der Waals surface area contributed by atoms with Crippen molar-refractivity contribution in [3.63, 3.8) is 0 Å². The van der Waals surface area contributed by atoms with Gasteiger partial charge in [0.15, 0.2) is 11.5 Å². The molecule has 1 unspecified atom stereocenters. The molecule has 6 N–H and O–H groups in total. The van der Waals surface area contributed by atoms with Crippen LogP contribution in [0.3, 0.4) is 0 Å². The van der Waals surface area contributed by atoms with Gasteiger partial charge in [-0.3, -0.25) is 0 Å². The minimum atomic E-state index is -0.259. The molecule has 0 radical (unpaired) electrons. The maximum absolute atomic E-state index is 12.3. The Labute approximate surface area is 227 Å². The first-order valence-corrected chi connectivity index (χ1v) is 12.7. The second-order valence-electron chi connectivity index (χ2n) is 9.18. The van der Waals surface area contributed by atoms with Gasteiger partial charge in [-0.25, -0.2) is 19.7 Å². The van der Waals surface area contributed by atoms with Crippen LogP contribution in [0.15, 0.2) is 61.2 Å². The normalized spacial score (nSPS) is 12.0. The lowest BCUT2D eigenvalue weighted by Crippen LogP contribution is -2.35. The molecule has 0 saturated carbocycles. The van der Waals surface area contributed by atoms with E-state index >= 15 is 0 Å². The van der Waals surface area contributed by atoms with Gasteiger partial charge >= 0.3 is 6.03 Å². The number of imidazole rings is 1. The van der Waals surface area contributed by atoms with Crippen LogP contribution in [0, 0.1) is 0 Å². The van der Waals surface area contributed by atoms with Crippen LogP contribution in [0.4, 0.5) is 22.0 Å². The Hall–Kier alpha value is -4.42. The zero-order valence-corrected chi connectivity index (χ0v) is 22.2. The number of anilines is 3. The third kappa shape index (κ3) is 7.79. The molecule has 39 heavy (non-hydrogen) atoms. The average Bonchev–Trinajstić information content (AvgIpc) is 3.36. The summed E-state index contributed by atoms with van der Waals surface area (Å²) in [5, 5.41) is 5.72. The van der Waals surface area contributed by atoms with E-state index in [1.807, 2.05) is 23.7 Å². The number of para-hydroxylation sites is 2. The van der Waals surface area contributed by atoms with Gasteiger partial charge in [0.1, 0.15) is 23.3 Å². The van der Waals surface area contributed by atoms with Crippen molar-refractivity contribution in [1.29, 1.82) is 0 Å². The molecule has 0 fully saturated rings. The van der Waals surface area contributed by atoms with Gasteiger partial charge < -0.3 is 41.0 Å². The third-order valence-electron chi connectivity index (χ3n) is 6.23. The van der Waals surface area contributed by atoms with E-state index in [9.17, 15) is 4.79 Å². The Morgan fingerprint density at radius 2 is 1.90 bits per heavy atom. The number of fused-ring (bicyclic) bond motifs is 1. The molecule has 12 nitrogen and oxygen atoms in total. The molecule has 0 aliphatic carbocycles. The number of aromatic nitrogens is 4. The lowest BCUT2D eigenvalue weighted by atomic mass is 10.2. The van der Waals surface area contributed by atoms with Gasteiger partial charge in [-0.05, 0) is 62.8 Å². The zero-order chi connectivity index (χ0) is 27.6. The van der Waals surface area contributed by atoms with Crippen molar-refractivity contribution >= 4 is 34.4 Å². The molecule has 4 aromatic rings. The second-order valence-corrected chi connectivity index (χ2v) is 9.18. The van der Waals surface area contributed by atoms with E-state index < -0.39 is 0 Å². The van der Waals surface area contributed by atoms with Gasteiger partial charge in [-0.2, -0.15) is 0 Å². The number of amides is 2. The number of nitrogens with two attached hydrogens (primary N) is 2. The number of carbonyl (C=O) groups is 1. The smallest absolute Gasteiger partial charge is 0.319 e. The minimum Gasteiger partial charge on any atom is -0.455 e. The van der Waals surface area contributed by atoms with Gasteiger partial charge in [-0.1, -0.05) is 12.1 Å². The number of hydrogen-bond acceptors (Lipinski definition) is 9. The molecule has 1 atom stereocenters. The fraction of sp³-hybridized carbons (Fsp3) is 0.333. The molecule has 0 spiro atoms. The maximum atomic E-state index is 12.3. The highest BCUT2D eigenvalue weighted by Crippen LogP contribution is 2.27. The number of nitrogen functional groups attached to an aromatic ring is 2. The molecule has 0 saturated heterocycles. The summed E-state index contributed by atoms with van der Waals surface area (Å²) in [5.74, 6) is 1.60. The van der Waals surface area contributed by atoms with Crippen molar-refractivity contribution in [2.45, 2.75) is 25.5 Å². The van der Waals surface area contributed by atoms with Crippen LogP contribution in [-0.2, 0) is 11.3 Å². The summed E-state index contributed by atoms with van der Waals surface area (Å²) in [6.45, 7) is 2.82. The molecule has 2 aromatic carbocycles. The van der Waals surface area contributed by atoms with E-state index in [-0.39, 0.29) is 12.1 Å². The molecule has 2 heterocycles. The molecular formula is C27H35N9O3. The number of ether oxygens (including phenoxy) is 2. The Balaban J connectivity index is 1.13. The fourth-order valence-electron chi connectivity index (χ4n) is 4.10. The lowest BCUT2D eigenvalue weighted by molar-refractivity contribution is 0.0622. The number of nitrogens with one attached hydrogen (secondary N) is 2. The van der Waals surface area contributed by atoms with Gasteiger partial charge in [0.05, 0.1) is 18.1 Å². The van der Waals surface area contributed by atoms with Crippen molar-refractivity contribution in [1.82, 2.24) is 29.7 Å². The quantitative estimate of drug-likeness (QED) is 0.149. The predicted molar refractivity (Wildman–Crippen MR) is 152 cm³/mol. The minimum absolute atomic E-state index is 0.0353. The van der Waals surface area contributed by atoms with Gasteiger partial charge in [0, 0.05) is 32.4 Å². The number of aryl methyl sites for hydroxylation is 1. The van der Waals surface area contributed by atoms with E-state index in [4.69, 9.17) is 20.9 Å². The Morgan fingerprint density at radius 3 is 2.67 bits per heavy atom. The van der Waals surface area contributed by atoms with Gasteiger partial charge in [0.2, 0.25) is 0 Å². The molecule has 0 bridgehead atoms. The largest absolute Gasteiger partial charge is 0.455 e. The van der Waals surface area contributed by atoms with E-state index in [1.165, 1.54) is 6.33 Å². The highest BCUT2D eigenvalue weighted by molar-refractivity contribution is 5.89. The monoisotopic (exact) mass is 533 g/mol. The molecule has 2 aromatic heterocycles. The van der Waals surface area contributed by atoms with Crippen LogP contribution < -0.4 is 26.8 Å². The van der Waals surface area contributed by atoms with Crippen molar-refractivity contribution in [2.75, 3.05) is 50.6 Å². The zero-order valence-electron chi connectivity index (χ0n) is 22.2. The number of rotatable bonds is 13. The first kappa shape index (κ1) is 27.6. The summed E-state index contributed by atoms with van der Waals surface area (Å²) in [4.78, 5) is 27.1. The molecule has 0 aliphatic heterocycles. The molecular weight excluding hydrogens is 498 g/mol. The van der Waals surface area contributed by atoms with Crippen LogP contribution in [0.1, 0.15) is 12.8 Å². The van der Waals surface area contributed by atoms with Gasteiger partial charge in [-0.15, -0.1) is 0 Å². The number of methoxy groups -OCH3 is 1. The second kappa shape index (κ2) is 13.4. The van der Waals surface area contributed by atoms with Crippen molar-refractivity contribution in [3.05, 3.63) is 61.2 Å². The maximum Gasteiger partial charge on any atom is 0.319 e. The third-order valence-corrected chi connectivity index (χ3v) is 6.23. The first-order valence-electron chi connectivity index (χ1n) is 12.7. The van der Waals surface area contributed by atoms with Crippen LogP contribution >= 0.6 is 0 Å². The summed E-state index contributed by atoms with van der Waals surface area (Å²) in [6, 6.07) is 14.1. The number of likely N-dealkylation sites (N-methyl/N-ethyl adjacent to an activating group) is 1. The summed E-state index contributed by atoms with van der Waals surface area (Å²) in [5.41, 5.74) is 14.3. The Bertz CT molecular complexity index is 1360. The number of benzene rings is 2. The topological polar surface area (TPSA) is 158 Å². The molecule has 12 heteroatoms.